The summed E-state index contributed by atoms with van der Waals surface area (Å²) in [5.41, 5.74) is 1.75. The molecule has 1 atom stereocenters. The molecule has 0 radical (unpaired) electrons. The molecule has 2 aliphatic rings. The van der Waals surface area contributed by atoms with E-state index < -0.39 is 0 Å². The second-order valence-electron chi connectivity index (χ2n) is 6.89. The SMILES string of the molecule is CC(=O)N1CCN(C(=O)C(C)Nc2ccc(N3CCCC3=O)cc2)CC1. The number of hydrogen-bond acceptors (Lipinski definition) is 4. The maximum atomic E-state index is 12.6. The third kappa shape index (κ3) is 3.98. The lowest BCUT2D eigenvalue weighted by Gasteiger charge is -2.35. The number of nitrogens with one attached hydrogen (secondary N) is 1. The smallest absolute Gasteiger partial charge is 0.244 e. The van der Waals surface area contributed by atoms with Crippen molar-refractivity contribution in [3.8, 4) is 0 Å². The number of carbonyl (C=O) groups is 3. The average molecular weight is 358 g/mol. The Kier molecular flexibility index (Phi) is 5.44. The Bertz CT molecular complexity index is 681. The Labute approximate surface area is 153 Å². The Hall–Kier alpha value is -2.57. The molecule has 0 aromatic heterocycles. The standard InChI is InChI=1S/C19H26N4O3/c1-14(19(26)22-12-10-21(11-13-22)15(2)24)20-16-5-7-17(8-6-16)23-9-3-4-18(23)25/h5-8,14,20H,3-4,9-13H2,1-2H3. The summed E-state index contributed by atoms with van der Waals surface area (Å²) in [5.74, 6) is 0.255. The van der Waals surface area contributed by atoms with E-state index in [1.165, 1.54) is 0 Å². The van der Waals surface area contributed by atoms with Gasteiger partial charge in [0, 0.05) is 57.4 Å². The van der Waals surface area contributed by atoms with Crippen LogP contribution in [0.5, 0.6) is 0 Å². The van der Waals surface area contributed by atoms with E-state index in [9.17, 15) is 14.4 Å². The van der Waals surface area contributed by atoms with Gasteiger partial charge in [-0.25, -0.2) is 0 Å². The van der Waals surface area contributed by atoms with Crippen LogP contribution in [0.1, 0.15) is 26.7 Å². The van der Waals surface area contributed by atoms with E-state index in [4.69, 9.17) is 0 Å². The third-order valence-electron chi connectivity index (χ3n) is 5.04. The zero-order valence-electron chi connectivity index (χ0n) is 15.4. The van der Waals surface area contributed by atoms with Crippen molar-refractivity contribution in [1.29, 1.82) is 0 Å². The molecule has 1 N–H and O–H groups in total. The minimum Gasteiger partial charge on any atom is -0.374 e. The predicted octanol–water partition coefficient (Wildman–Crippen LogP) is 1.30. The molecule has 3 amide bonds. The van der Waals surface area contributed by atoms with E-state index in [1.807, 2.05) is 31.2 Å². The van der Waals surface area contributed by atoms with Crippen LogP contribution in [-0.2, 0) is 14.4 Å². The van der Waals surface area contributed by atoms with E-state index in [0.29, 0.717) is 32.6 Å². The van der Waals surface area contributed by atoms with Gasteiger partial charge in [0.2, 0.25) is 17.7 Å². The van der Waals surface area contributed by atoms with Crippen molar-refractivity contribution in [3.63, 3.8) is 0 Å². The lowest BCUT2D eigenvalue weighted by atomic mass is 10.2. The molecule has 0 aliphatic carbocycles. The molecule has 0 saturated carbocycles. The van der Waals surface area contributed by atoms with Gasteiger partial charge in [-0.3, -0.25) is 14.4 Å². The monoisotopic (exact) mass is 358 g/mol. The van der Waals surface area contributed by atoms with Crippen molar-refractivity contribution in [3.05, 3.63) is 24.3 Å². The topological polar surface area (TPSA) is 73.0 Å². The summed E-state index contributed by atoms with van der Waals surface area (Å²) in [7, 11) is 0. The fourth-order valence-electron chi connectivity index (χ4n) is 3.49. The highest BCUT2D eigenvalue weighted by Crippen LogP contribution is 2.23. The van der Waals surface area contributed by atoms with Gasteiger partial charge in [0.1, 0.15) is 6.04 Å². The summed E-state index contributed by atoms with van der Waals surface area (Å²) in [5, 5.41) is 3.23. The normalized spacial score (nSPS) is 18.8. The third-order valence-corrected chi connectivity index (χ3v) is 5.04. The first kappa shape index (κ1) is 18.2. The summed E-state index contributed by atoms with van der Waals surface area (Å²) >= 11 is 0. The lowest BCUT2D eigenvalue weighted by Crippen LogP contribution is -2.53. The number of carbonyl (C=O) groups excluding carboxylic acids is 3. The van der Waals surface area contributed by atoms with Crippen LogP contribution in [0, 0.1) is 0 Å². The van der Waals surface area contributed by atoms with Crippen LogP contribution in [-0.4, -0.2) is 66.3 Å². The van der Waals surface area contributed by atoms with Crippen LogP contribution in [0.2, 0.25) is 0 Å². The predicted molar refractivity (Wildman–Crippen MR) is 99.9 cm³/mol. The molecule has 3 rings (SSSR count). The average Bonchev–Trinajstić information content (AvgIpc) is 3.07. The molecule has 26 heavy (non-hydrogen) atoms. The van der Waals surface area contributed by atoms with E-state index in [1.54, 1.807) is 21.6 Å². The fraction of sp³-hybridized carbons (Fsp3) is 0.526. The number of hydrogen-bond donors (Lipinski definition) is 1. The van der Waals surface area contributed by atoms with Crippen LogP contribution < -0.4 is 10.2 Å². The summed E-state index contributed by atoms with van der Waals surface area (Å²) in [4.78, 5) is 41.1. The lowest BCUT2D eigenvalue weighted by molar-refractivity contribution is -0.138. The van der Waals surface area contributed by atoms with Crippen LogP contribution in [0.3, 0.4) is 0 Å². The molecule has 2 aliphatic heterocycles. The molecule has 1 aromatic rings. The number of benzene rings is 1. The maximum Gasteiger partial charge on any atom is 0.244 e. The molecule has 2 heterocycles. The highest BCUT2D eigenvalue weighted by Gasteiger charge is 2.26. The number of piperazine rings is 1. The van der Waals surface area contributed by atoms with Crippen molar-refractivity contribution >= 4 is 29.1 Å². The zero-order chi connectivity index (χ0) is 18.7. The molecule has 140 valence electrons. The first-order valence-electron chi connectivity index (χ1n) is 9.17. The molecule has 2 fully saturated rings. The van der Waals surface area contributed by atoms with Gasteiger partial charge in [0.15, 0.2) is 0 Å². The van der Waals surface area contributed by atoms with Gasteiger partial charge in [-0.2, -0.15) is 0 Å². The van der Waals surface area contributed by atoms with E-state index in [-0.39, 0.29) is 23.8 Å². The van der Waals surface area contributed by atoms with Crippen LogP contribution in [0.15, 0.2) is 24.3 Å². The fourth-order valence-corrected chi connectivity index (χ4v) is 3.49. The molecule has 2 saturated heterocycles. The molecule has 7 heteroatoms. The van der Waals surface area contributed by atoms with E-state index in [0.717, 1.165) is 24.3 Å². The van der Waals surface area contributed by atoms with Crippen LogP contribution in [0.25, 0.3) is 0 Å². The number of amides is 3. The van der Waals surface area contributed by atoms with Gasteiger partial charge in [-0.15, -0.1) is 0 Å². The number of anilines is 2. The molecule has 0 bridgehead atoms. The van der Waals surface area contributed by atoms with Gasteiger partial charge < -0.3 is 20.0 Å². The minimum absolute atomic E-state index is 0.0343. The summed E-state index contributed by atoms with van der Waals surface area (Å²) < 4.78 is 0. The van der Waals surface area contributed by atoms with E-state index >= 15 is 0 Å². The highest BCUT2D eigenvalue weighted by molar-refractivity contribution is 5.95. The molecular weight excluding hydrogens is 332 g/mol. The largest absolute Gasteiger partial charge is 0.374 e. The summed E-state index contributed by atoms with van der Waals surface area (Å²) in [6, 6.07) is 7.28. The molecular formula is C19H26N4O3. The van der Waals surface area contributed by atoms with Crippen molar-refractivity contribution < 1.29 is 14.4 Å². The van der Waals surface area contributed by atoms with Crippen molar-refractivity contribution in [2.24, 2.45) is 0 Å². The Balaban J connectivity index is 1.54. The van der Waals surface area contributed by atoms with Crippen molar-refractivity contribution in [1.82, 2.24) is 9.80 Å². The number of nitrogens with zero attached hydrogens (tertiary/aromatic N) is 3. The molecule has 1 unspecified atom stereocenters. The minimum atomic E-state index is -0.349. The Morgan fingerprint density at radius 1 is 1.00 bits per heavy atom. The Morgan fingerprint density at radius 3 is 2.15 bits per heavy atom. The first-order valence-corrected chi connectivity index (χ1v) is 9.17. The highest BCUT2D eigenvalue weighted by atomic mass is 16.2. The summed E-state index contributed by atoms with van der Waals surface area (Å²) in [6.07, 6.45) is 1.52. The first-order chi connectivity index (χ1) is 12.5. The zero-order valence-corrected chi connectivity index (χ0v) is 15.4. The molecule has 0 spiro atoms. The quantitative estimate of drug-likeness (QED) is 0.881. The number of rotatable bonds is 4. The molecule has 7 nitrogen and oxygen atoms in total. The summed E-state index contributed by atoms with van der Waals surface area (Å²) in [6.45, 7) is 6.49. The van der Waals surface area contributed by atoms with E-state index in [2.05, 4.69) is 5.32 Å². The van der Waals surface area contributed by atoms with Gasteiger partial charge in [0.05, 0.1) is 0 Å². The Morgan fingerprint density at radius 2 is 1.62 bits per heavy atom. The van der Waals surface area contributed by atoms with Gasteiger partial charge in [-0.05, 0) is 37.6 Å². The van der Waals surface area contributed by atoms with Gasteiger partial charge >= 0.3 is 0 Å². The van der Waals surface area contributed by atoms with Gasteiger partial charge in [-0.1, -0.05) is 0 Å². The van der Waals surface area contributed by atoms with Crippen LogP contribution >= 0.6 is 0 Å². The van der Waals surface area contributed by atoms with Gasteiger partial charge in [0.25, 0.3) is 0 Å². The molecule has 1 aromatic carbocycles. The second-order valence-corrected chi connectivity index (χ2v) is 6.89. The van der Waals surface area contributed by atoms with Crippen molar-refractivity contribution in [2.45, 2.75) is 32.7 Å². The van der Waals surface area contributed by atoms with Crippen molar-refractivity contribution in [2.75, 3.05) is 42.9 Å². The maximum absolute atomic E-state index is 12.6. The second kappa shape index (κ2) is 7.76. The van der Waals surface area contributed by atoms with Crippen LogP contribution in [0.4, 0.5) is 11.4 Å².